The highest BCUT2D eigenvalue weighted by molar-refractivity contribution is 5.95. The van der Waals surface area contributed by atoms with Gasteiger partial charge in [-0.2, -0.15) is 0 Å². The van der Waals surface area contributed by atoms with Crippen LogP contribution >= 0.6 is 0 Å². The van der Waals surface area contributed by atoms with Crippen molar-refractivity contribution in [3.05, 3.63) is 27.7 Å². The summed E-state index contributed by atoms with van der Waals surface area (Å²) < 4.78 is 10.3. The summed E-state index contributed by atoms with van der Waals surface area (Å²) in [5, 5.41) is 40.3. The molecule has 1 aromatic heterocycles. The van der Waals surface area contributed by atoms with Gasteiger partial charge in [0.25, 0.3) is 5.56 Å². The second-order valence-electron chi connectivity index (χ2n) is 5.43. The molecule has 0 bridgehead atoms. The molecule has 0 amide bonds. The molecule has 2 heterocycles. The number of aromatic nitrogens is 1. The van der Waals surface area contributed by atoms with Crippen LogP contribution in [-0.4, -0.2) is 44.4 Å². The smallest absolute Gasteiger partial charge is 0.259 e. The van der Waals surface area contributed by atoms with Crippen LogP contribution in [0.5, 0.6) is 17.2 Å². The molecule has 2 aliphatic rings. The van der Waals surface area contributed by atoms with Gasteiger partial charge < -0.3 is 34.9 Å². The van der Waals surface area contributed by atoms with Crippen molar-refractivity contribution in [1.29, 1.82) is 0 Å². The number of rotatable bonds is 0. The first-order valence-electron chi connectivity index (χ1n) is 6.73. The number of fused-ring (bicyclic) bond motifs is 4. The van der Waals surface area contributed by atoms with Crippen molar-refractivity contribution in [2.75, 3.05) is 6.79 Å². The van der Waals surface area contributed by atoms with Crippen molar-refractivity contribution < 1.29 is 29.9 Å². The minimum absolute atomic E-state index is 0.00601. The van der Waals surface area contributed by atoms with Crippen LogP contribution in [0.25, 0.3) is 10.8 Å². The number of hydrogen-bond acceptors (Lipinski definition) is 7. The molecular weight excluding hydrogens is 294 g/mol. The summed E-state index contributed by atoms with van der Waals surface area (Å²) in [6.07, 6.45) is -3.96. The molecule has 116 valence electrons. The predicted molar refractivity (Wildman–Crippen MR) is 73.0 cm³/mol. The molecule has 1 aromatic carbocycles. The standard InChI is InChI=1S/C14H13NO7/c16-6-2-5-8(11(18)10(6)17)4-1-7-13(22-3-21-7)12(19)9(4)14(20)15-5/h1,6,10-11,16-19H,2-3H2,(H,15,20). The normalized spacial score (nSPS) is 26.2. The molecule has 3 atom stereocenters. The van der Waals surface area contributed by atoms with E-state index < -0.39 is 23.9 Å². The highest BCUT2D eigenvalue weighted by atomic mass is 16.7. The van der Waals surface area contributed by atoms with E-state index >= 15 is 0 Å². The average molecular weight is 307 g/mol. The number of aromatic hydroxyl groups is 1. The minimum atomic E-state index is -1.39. The molecule has 0 saturated carbocycles. The summed E-state index contributed by atoms with van der Waals surface area (Å²) in [6.45, 7) is -0.0802. The Morgan fingerprint density at radius 1 is 1.23 bits per heavy atom. The number of benzene rings is 1. The van der Waals surface area contributed by atoms with Gasteiger partial charge in [-0.3, -0.25) is 4.79 Å². The molecule has 1 aliphatic carbocycles. The van der Waals surface area contributed by atoms with Gasteiger partial charge in [0.2, 0.25) is 12.5 Å². The van der Waals surface area contributed by atoms with Crippen LogP contribution in [0.1, 0.15) is 17.4 Å². The van der Waals surface area contributed by atoms with E-state index in [1.165, 1.54) is 6.07 Å². The topological polar surface area (TPSA) is 132 Å². The Hall–Kier alpha value is -2.29. The zero-order chi connectivity index (χ0) is 15.6. The third-order valence-corrected chi connectivity index (χ3v) is 4.17. The van der Waals surface area contributed by atoms with Crippen molar-refractivity contribution in [2.45, 2.75) is 24.7 Å². The first-order valence-corrected chi connectivity index (χ1v) is 6.73. The second-order valence-corrected chi connectivity index (χ2v) is 5.43. The van der Waals surface area contributed by atoms with Crippen LogP contribution < -0.4 is 15.0 Å². The summed E-state index contributed by atoms with van der Waals surface area (Å²) in [5.41, 5.74) is 0.0161. The minimum Gasteiger partial charge on any atom is -0.504 e. The molecule has 22 heavy (non-hydrogen) atoms. The Morgan fingerprint density at radius 2 is 2.00 bits per heavy atom. The van der Waals surface area contributed by atoms with Gasteiger partial charge in [0, 0.05) is 23.1 Å². The number of aliphatic hydroxyl groups is 3. The largest absolute Gasteiger partial charge is 0.504 e. The van der Waals surface area contributed by atoms with Crippen molar-refractivity contribution >= 4 is 10.8 Å². The Balaban J connectivity index is 2.12. The van der Waals surface area contributed by atoms with Crippen molar-refractivity contribution in [3.8, 4) is 17.2 Å². The molecule has 1 aliphatic heterocycles. The van der Waals surface area contributed by atoms with E-state index in [1.807, 2.05) is 0 Å². The van der Waals surface area contributed by atoms with E-state index in [1.54, 1.807) is 0 Å². The van der Waals surface area contributed by atoms with Gasteiger partial charge in [-0.1, -0.05) is 0 Å². The van der Waals surface area contributed by atoms with Crippen molar-refractivity contribution in [2.24, 2.45) is 0 Å². The summed E-state index contributed by atoms with van der Waals surface area (Å²) >= 11 is 0. The van der Waals surface area contributed by atoms with Crippen LogP contribution in [-0.2, 0) is 6.42 Å². The molecular formula is C14H13NO7. The predicted octanol–water partition coefficient (Wildman–Crippen LogP) is -0.726. The first kappa shape index (κ1) is 13.4. The lowest BCUT2D eigenvalue weighted by Gasteiger charge is -2.31. The Labute approximate surface area is 123 Å². The van der Waals surface area contributed by atoms with Gasteiger partial charge in [-0.25, -0.2) is 0 Å². The number of hydrogen-bond donors (Lipinski definition) is 5. The molecule has 0 radical (unpaired) electrons. The fraction of sp³-hybridized carbons (Fsp3) is 0.357. The van der Waals surface area contributed by atoms with Crippen LogP contribution in [0.15, 0.2) is 10.9 Å². The Morgan fingerprint density at radius 3 is 2.77 bits per heavy atom. The van der Waals surface area contributed by atoms with Crippen molar-refractivity contribution in [3.63, 3.8) is 0 Å². The fourth-order valence-electron chi connectivity index (χ4n) is 3.11. The van der Waals surface area contributed by atoms with Gasteiger partial charge in [0.05, 0.1) is 11.5 Å². The fourth-order valence-corrected chi connectivity index (χ4v) is 3.11. The third kappa shape index (κ3) is 1.59. The summed E-state index contributed by atoms with van der Waals surface area (Å²) in [4.78, 5) is 14.8. The SMILES string of the molecule is O=c1[nH]c2c(c3cc4c(c(O)c13)OCO4)C(O)C(O)C(O)C2. The molecule has 0 fully saturated rings. The number of phenols is 1. The van der Waals surface area contributed by atoms with E-state index in [2.05, 4.69) is 4.98 Å². The average Bonchev–Trinajstić information content (AvgIpc) is 2.93. The summed E-state index contributed by atoms with van der Waals surface area (Å²) in [6, 6.07) is 1.49. The van der Waals surface area contributed by atoms with E-state index in [-0.39, 0.29) is 46.8 Å². The van der Waals surface area contributed by atoms with Gasteiger partial charge >= 0.3 is 0 Å². The lowest BCUT2D eigenvalue weighted by molar-refractivity contribution is -0.0686. The molecule has 0 saturated heterocycles. The zero-order valence-corrected chi connectivity index (χ0v) is 11.2. The number of aliphatic hydroxyl groups excluding tert-OH is 3. The quantitative estimate of drug-likeness (QED) is 0.433. The maximum atomic E-state index is 12.2. The monoisotopic (exact) mass is 307 g/mol. The van der Waals surface area contributed by atoms with E-state index in [0.29, 0.717) is 5.69 Å². The molecule has 5 N–H and O–H groups in total. The third-order valence-electron chi connectivity index (χ3n) is 4.17. The molecule has 4 rings (SSSR count). The number of ether oxygens (including phenoxy) is 2. The highest BCUT2D eigenvalue weighted by Crippen LogP contribution is 2.46. The van der Waals surface area contributed by atoms with E-state index in [4.69, 9.17) is 9.47 Å². The van der Waals surface area contributed by atoms with Gasteiger partial charge in [-0.05, 0) is 6.07 Å². The highest BCUT2D eigenvalue weighted by Gasteiger charge is 2.37. The molecule has 8 nitrogen and oxygen atoms in total. The van der Waals surface area contributed by atoms with Gasteiger partial charge in [0.1, 0.15) is 12.2 Å². The summed E-state index contributed by atoms with van der Waals surface area (Å²) in [5.74, 6) is -0.0451. The molecule has 2 aromatic rings. The summed E-state index contributed by atoms with van der Waals surface area (Å²) in [7, 11) is 0. The maximum absolute atomic E-state index is 12.2. The number of pyridine rings is 1. The van der Waals surface area contributed by atoms with Gasteiger partial charge in [0.15, 0.2) is 11.5 Å². The lowest BCUT2D eigenvalue weighted by Crippen LogP contribution is -2.40. The Kier molecular flexibility index (Phi) is 2.65. The molecule has 8 heteroatoms. The Bertz CT molecular complexity index is 843. The lowest BCUT2D eigenvalue weighted by atomic mass is 9.85. The number of H-pyrrole nitrogens is 1. The second kappa shape index (κ2) is 4.35. The van der Waals surface area contributed by atoms with E-state index in [9.17, 15) is 25.2 Å². The number of phenolic OH excluding ortho intramolecular Hbond substituents is 1. The molecule has 3 unspecified atom stereocenters. The van der Waals surface area contributed by atoms with Gasteiger partial charge in [-0.15, -0.1) is 0 Å². The first-order chi connectivity index (χ1) is 10.5. The molecule has 0 spiro atoms. The van der Waals surface area contributed by atoms with Crippen LogP contribution in [0.2, 0.25) is 0 Å². The zero-order valence-electron chi connectivity index (χ0n) is 11.2. The number of aromatic amines is 1. The van der Waals surface area contributed by atoms with Crippen LogP contribution in [0, 0.1) is 0 Å². The van der Waals surface area contributed by atoms with E-state index in [0.717, 1.165) is 0 Å². The maximum Gasteiger partial charge on any atom is 0.259 e. The van der Waals surface area contributed by atoms with Crippen LogP contribution in [0.4, 0.5) is 0 Å². The van der Waals surface area contributed by atoms with Crippen LogP contribution in [0.3, 0.4) is 0 Å². The number of nitrogens with one attached hydrogen (secondary N) is 1. The van der Waals surface area contributed by atoms with Crippen molar-refractivity contribution in [1.82, 2.24) is 4.98 Å².